The van der Waals surface area contributed by atoms with Crippen molar-refractivity contribution in [3.63, 3.8) is 0 Å². The average molecular weight is 331 g/mol. The minimum Gasteiger partial charge on any atom is -0.506 e. The first-order valence-corrected chi connectivity index (χ1v) is 7.62. The molecule has 0 saturated heterocycles. The van der Waals surface area contributed by atoms with Crippen LogP contribution in [-0.2, 0) is 0 Å². The average Bonchev–Trinajstić information content (AvgIpc) is 2.98. The highest BCUT2D eigenvalue weighted by Crippen LogP contribution is 2.32. The van der Waals surface area contributed by atoms with Gasteiger partial charge in [-0.05, 0) is 36.8 Å². The smallest absolute Gasteiger partial charge is 0.252 e. The molecule has 110 valence electrons. The molecule has 1 aromatic heterocycles. The molecule has 0 atom stereocenters. The molecule has 0 bridgehead atoms. The number of rotatable bonds is 3. The Morgan fingerprint density at radius 1 is 1.05 bits per heavy atom. The van der Waals surface area contributed by atoms with Gasteiger partial charge in [-0.1, -0.05) is 41.1 Å². The molecule has 0 aliphatic carbocycles. The maximum atomic E-state index is 9.72. The highest BCUT2D eigenvalue weighted by Gasteiger charge is 2.06. The Balaban J connectivity index is 1.83. The molecular weight excluding hydrogens is 320 g/mol. The molecule has 0 amide bonds. The second kappa shape index (κ2) is 6.21. The zero-order chi connectivity index (χ0) is 15.5. The molecular formula is C15H11ClN4OS. The summed E-state index contributed by atoms with van der Waals surface area (Å²) in [6.07, 6.45) is 0. The molecule has 0 saturated carbocycles. The Morgan fingerprint density at radius 2 is 1.82 bits per heavy atom. The molecule has 0 radical (unpaired) electrons. The van der Waals surface area contributed by atoms with E-state index in [1.54, 1.807) is 30.3 Å². The Hall–Kier alpha value is -2.31. The fourth-order valence-electron chi connectivity index (χ4n) is 1.78. The van der Waals surface area contributed by atoms with Gasteiger partial charge in [0.1, 0.15) is 16.4 Å². The van der Waals surface area contributed by atoms with Gasteiger partial charge in [0.05, 0.1) is 0 Å². The van der Waals surface area contributed by atoms with E-state index in [-0.39, 0.29) is 5.75 Å². The molecule has 0 fully saturated rings. The van der Waals surface area contributed by atoms with E-state index < -0.39 is 0 Å². The fourth-order valence-corrected chi connectivity index (χ4v) is 2.57. The van der Waals surface area contributed by atoms with Crippen molar-refractivity contribution in [3.8, 4) is 16.3 Å². The number of aromatic hydroxyl groups is 1. The topological polar surface area (TPSA) is 70.7 Å². The number of halogens is 1. The van der Waals surface area contributed by atoms with Gasteiger partial charge in [-0.2, -0.15) is 0 Å². The first kappa shape index (κ1) is 14.6. The third-order valence-electron chi connectivity index (χ3n) is 2.88. The number of aryl methyl sites for hydroxylation is 1. The predicted octanol–water partition coefficient (Wildman–Crippen LogP) is 5.29. The van der Waals surface area contributed by atoms with Gasteiger partial charge in [-0.15, -0.1) is 20.4 Å². The number of benzene rings is 2. The van der Waals surface area contributed by atoms with E-state index in [0.29, 0.717) is 15.8 Å². The third kappa shape index (κ3) is 3.29. The lowest BCUT2D eigenvalue weighted by atomic mass is 10.2. The summed E-state index contributed by atoms with van der Waals surface area (Å²) in [5.74, 6) is 0.0804. The van der Waals surface area contributed by atoms with E-state index in [0.717, 1.165) is 16.1 Å². The molecule has 3 aromatic rings. The van der Waals surface area contributed by atoms with Crippen molar-refractivity contribution >= 4 is 33.8 Å². The van der Waals surface area contributed by atoms with Crippen molar-refractivity contribution in [1.82, 2.24) is 10.2 Å². The monoisotopic (exact) mass is 330 g/mol. The highest BCUT2D eigenvalue weighted by molar-refractivity contribution is 7.18. The molecule has 0 aliphatic rings. The lowest BCUT2D eigenvalue weighted by Crippen LogP contribution is -1.75. The van der Waals surface area contributed by atoms with E-state index in [9.17, 15) is 5.11 Å². The molecule has 0 spiro atoms. The molecule has 1 N–H and O–H groups in total. The van der Waals surface area contributed by atoms with Crippen LogP contribution in [0.25, 0.3) is 10.6 Å². The first-order valence-electron chi connectivity index (χ1n) is 6.42. The lowest BCUT2D eigenvalue weighted by Gasteiger charge is -1.97. The van der Waals surface area contributed by atoms with Crippen molar-refractivity contribution in [2.75, 3.05) is 0 Å². The largest absolute Gasteiger partial charge is 0.506 e. The van der Waals surface area contributed by atoms with Crippen LogP contribution in [0.1, 0.15) is 5.56 Å². The quantitative estimate of drug-likeness (QED) is 0.663. The number of hydrogen-bond acceptors (Lipinski definition) is 6. The molecule has 1 heterocycles. The van der Waals surface area contributed by atoms with Crippen molar-refractivity contribution in [2.24, 2.45) is 10.2 Å². The lowest BCUT2D eigenvalue weighted by molar-refractivity contribution is 0.476. The van der Waals surface area contributed by atoms with Gasteiger partial charge in [-0.3, -0.25) is 0 Å². The summed E-state index contributed by atoms with van der Waals surface area (Å²) in [4.78, 5) is 0. The Labute approximate surface area is 136 Å². The number of phenolic OH excluding ortho intramolecular Hbond substituents is 1. The van der Waals surface area contributed by atoms with E-state index in [4.69, 9.17) is 11.6 Å². The van der Waals surface area contributed by atoms with Crippen LogP contribution >= 0.6 is 22.9 Å². The predicted molar refractivity (Wildman–Crippen MR) is 87.4 cm³/mol. The Kier molecular flexibility index (Phi) is 4.13. The summed E-state index contributed by atoms with van der Waals surface area (Å²) < 4.78 is 0. The van der Waals surface area contributed by atoms with Gasteiger partial charge in [0, 0.05) is 10.6 Å². The summed E-state index contributed by atoms with van der Waals surface area (Å²) in [6.45, 7) is 1.92. The van der Waals surface area contributed by atoms with Crippen LogP contribution in [0.2, 0.25) is 5.02 Å². The number of nitrogens with zero attached hydrogens (tertiary/aromatic N) is 4. The Morgan fingerprint density at radius 3 is 2.59 bits per heavy atom. The second-order valence-electron chi connectivity index (χ2n) is 4.59. The van der Waals surface area contributed by atoms with Crippen LogP contribution in [0, 0.1) is 6.92 Å². The molecule has 3 rings (SSSR count). The second-order valence-corrected chi connectivity index (χ2v) is 5.98. The minimum absolute atomic E-state index is 0.0804. The summed E-state index contributed by atoms with van der Waals surface area (Å²) in [5.41, 5.74) is 2.32. The van der Waals surface area contributed by atoms with Gasteiger partial charge >= 0.3 is 0 Å². The molecule has 7 heteroatoms. The van der Waals surface area contributed by atoms with E-state index >= 15 is 0 Å². The minimum atomic E-state index is 0.0804. The molecule has 22 heavy (non-hydrogen) atoms. The number of aromatic nitrogens is 2. The third-order valence-corrected chi connectivity index (χ3v) is 3.99. The van der Waals surface area contributed by atoms with E-state index in [1.165, 1.54) is 11.3 Å². The van der Waals surface area contributed by atoms with Crippen LogP contribution in [0.5, 0.6) is 5.75 Å². The normalized spacial score (nSPS) is 11.2. The first-order chi connectivity index (χ1) is 10.6. The standard InChI is InChI=1S/C15H11ClN4OS/c1-9-2-7-13(21)12(8-9)17-19-15-20-18-14(22-15)10-3-5-11(16)6-4-10/h2-8,21H,1H3. The van der Waals surface area contributed by atoms with Crippen molar-refractivity contribution < 1.29 is 5.11 Å². The van der Waals surface area contributed by atoms with Crippen molar-refractivity contribution in [2.45, 2.75) is 6.92 Å². The van der Waals surface area contributed by atoms with Crippen LogP contribution in [0.4, 0.5) is 10.8 Å². The molecule has 0 aliphatic heterocycles. The number of phenols is 1. The molecule has 2 aromatic carbocycles. The maximum Gasteiger partial charge on any atom is 0.252 e. The van der Waals surface area contributed by atoms with Crippen LogP contribution in [0.15, 0.2) is 52.7 Å². The van der Waals surface area contributed by atoms with Gasteiger partial charge in [0.15, 0.2) is 0 Å². The highest BCUT2D eigenvalue weighted by atomic mass is 35.5. The summed E-state index contributed by atoms with van der Waals surface area (Å²) >= 11 is 7.17. The van der Waals surface area contributed by atoms with Crippen LogP contribution in [-0.4, -0.2) is 15.3 Å². The van der Waals surface area contributed by atoms with Gasteiger partial charge in [-0.25, -0.2) is 0 Å². The van der Waals surface area contributed by atoms with Gasteiger partial charge in [0.2, 0.25) is 0 Å². The fraction of sp³-hybridized carbons (Fsp3) is 0.0667. The zero-order valence-electron chi connectivity index (χ0n) is 11.6. The Bertz CT molecular complexity index is 830. The summed E-state index contributed by atoms with van der Waals surface area (Å²) in [7, 11) is 0. The zero-order valence-corrected chi connectivity index (χ0v) is 13.1. The van der Waals surface area contributed by atoms with Crippen molar-refractivity contribution in [3.05, 3.63) is 53.1 Å². The number of azo groups is 1. The van der Waals surface area contributed by atoms with Crippen molar-refractivity contribution in [1.29, 1.82) is 0 Å². The van der Waals surface area contributed by atoms with Gasteiger partial charge in [0.25, 0.3) is 5.13 Å². The van der Waals surface area contributed by atoms with Gasteiger partial charge < -0.3 is 5.11 Å². The van der Waals surface area contributed by atoms with Crippen LogP contribution in [0.3, 0.4) is 0 Å². The number of hydrogen-bond donors (Lipinski definition) is 1. The summed E-state index contributed by atoms with van der Waals surface area (Å²) in [6, 6.07) is 12.5. The van der Waals surface area contributed by atoms with E-state index in [1.807, 2.05) is 19.1 Å². The molecule has 5 nitrogen and oxygen atoms in total. The SMILES string of the molecule is Cc1ccc(O)c(N=Nc2nnc(-c3ccc(Cl)cc3)s2)c1. The van der Waals surface area contributed by atoms with Crippen LogP contribution < -0.4 is 0 Å². The molecule has 0 unspecified atom stereocenters. The summed E-state index contributed by atoms with van der Waals surface area (Å²) in [5, 5.41) is 27.6. The van der Waals surface area contributed by atoms with E-state index in [2.05, 4.69) is 20.4 Å². The maximum absolute atomic E-state index is 9.72.